The average Bonchev–Trinajstić information content (AvgIpc) is 3.17. The summed E-state index contributed by atoms with van der Waals surface area (Å²) < 4.78 is 7.79. The van der Waals surface area contributed by atoms with Gasteiger partial charge in [-0.15, -0.1) is 0 Å². The molecule has 0 spiro atoms. The topological polar surface area (TPSA) is 90.5 Å². The fraction of sp³-hybridized carbons (Fsp3) is 0.182. The number of rotatable bonds is 5. The maximum atomic E-state index is 12.9. The zero-order valence-corrected chi connectivity index (χ0v) is 16.9. The molecule has 2 aromatic heterocycles. The predicted molar refractivity (Wildman–Crippen MR) is 114 cm³/mol. The number of carbonyl (C=O) groups is 1. The minimum atomic E-state index is -0.392. The van der Waals surface area contributed by atoms with Crippen LogP contribution in [0.25, 0.3) is 16.8 Å². The summed E-state index contributed by atoms with van der Waals surface area (Å²) in [6.45, 7) is 3.78. The molecule has 8 heteroatoms. The van der Waals surface area contributed by atoms with E-state index in [-0.39, 0.29) is 12.5 Å². The van der Waals surface area contributed by atoms with Crippen molar-refractivity contribution in [2.24, 2.45) is 0 Å². The first-order valence-electron chi connectivity index (χ1n) is 9.42. The van der Waals surface area contributed by atoms with Crippen LogP contribution in [0.5, 0.6) is 5.75 Å². The number of nitrogens with one attached hydrogen (secondary N) is 1. The zero-order chi connectivity index (χ0) is 21.3. The summed E-state index contributed by atoms with van der Waals surface area (Å²) in [5.41, 5.74) is 4.30. The van der Waals surface area contributed by atoms with Gasteiger partial charge < -0.3 is 10.1 Å². The van der Waals surface area contributed by atoms with Crippen LogP contribution in [0.4, 0.5) is 5.69 Å². The third kappa shape index (κ3) is 3.67. The lowest BCUT2D eigenvalue weighted by Gasteiger charge is -2.10. The van der Waals surface area contributed by atoms with Gasteiger partial charge in [0.05, 0.1) is 18.5 Å². The molecule has 0 atom stereocenters. The first-order chi connectivity index (χ1) is 14.5. The van der Waals surface area contributed by atoms with E-state index in [4.69, 9.17) is 4.74 Å². The summed E-state index contributed by atoms with van der Waals surface area (Å²) in [5.74, 6) is 0.156. The minimum absolute atomic E-state index is 0.225. The number of para-hydroxylation sites is 2. The SMILES string of the molecule is COc1ccccc1NC(=O)Cn1ncn2nc(-c3cc(C)ccc3C)cc2c1=O. The van der Waals surface area contributed by atoms with Gasteiger partial charge in [0.1, 0.15) is 24.1 Å². The summed E-state index contributed by atoms with van der Waals surface area (Å²) in [4.78, 5) is 25.3. The number of aromatic nitrogens is 4. The van der Waals surface area contributed by atoms with Crippen LogP contribution in [0.15, 0.2) is 59.7 Å². The van der Waals surface area contributed by atoms with Gasteiger partial charge in [-0.2, -0.15) is 10.2 Å². The van der Waals surface area contributed by atoms with E-state index in [2.05, 4.69) is 15.5 Å². The van der Waals surface area contributed by atoms with Crippen LogP contribution in [0.1, 0.15) is 11.1 Å². The van der Waals surface area contributed by atoms with E-state index in [1.54, 1.807) is 24.3 Å². The third-order valence-electron chi connectivity index (χ3n) is 4.83. The van der Waals surface area contributed by atoms with Crippen molar-refractivity contribution >= 4 is 17.1 Å². The molecule has 0 saturated heterocycles. The largest absolute Gasteiger partial charge is 0.495 e. The van der Waals surface area contributed by atoms with Gasteiger partial charge in [-0.3, -0.25) is 9.59 Å². The number of benzene rings is 2. The number of carbonyl (C=O) groups excluding carboxylic acids is 1. The molecule has 1 amide bonds. The Morgan fingerprint density at radius 3 is 2.73 bits per heavy atom. The lowest BCUT2D eigenvalue weighted by molar-refractivity contribution is -0.117. The first-order valence-corrected chi connectivity index (χ1v) is 9.42. The Morgan fingerprint density at radius 2 is 1.93 bits per heavy atom. The number of amides is 1. The molecule has 152 valence electrons. The van der Waals surface area contributed by atoms with Crippen LogP contribution in [0, 0.1) is 13.8 Å². The maximum absolute atomic E-state index is 12.9. The summed E-state index contributed by atoms with van der Waals surface area (Å²) in [7, 11) is 1.53. The number of hydrogen-bond acceptors (Lipinski definition) is 5. The van der Waals surface area contributed by atoms with Crippen LogP contribution >= 0.6 is 0 Å². The van der Waals surface area contributed by atoms with E-state index >= 15 is 0 Å². The summed E-state index contributed by atoms with van der Waals surface area (Å²) in [6, 6.07) is 14.9. The zero-order valence-electron chi connectivity index (χ0n) is 16.9. The van der Waals surface area contributed by atoms with Gasteiger partial charge >= 0.3 is 0 Å². The summed E-state index contributed by atoms with van der Waals surface area (Å²) >= 11 is 0. The van der Waals surface area contributed by atoms with Crippen molar-refractivity contribution in [2.75, 3.05) is 12.4 Å². The average molecular weight is 403 g/mol. The molecule has 0 aliphatic carbocycles. The highest BCUT2D eigenvalue weighted by molar-refractivity contribution is 5.92. The predicted octanol–water partition coefficient (Wildman–Crippen LogP) is 2.82. The fourth-order valence-corrected chi connectivity index (χ4v) is 3.27. The van der Waals surface area contributed by atoms with Crippen LogP contribution in [0.3, 0.4) is 0 Å². The number of anilines is 1. The van der Waals surface area contributed by atoms with Crippen molar-refractivity contribution in [3.63, 3.8) is 0 Å². The van der Waals surface area contributed by atoms with E-state index in [0.717, 1.165) is 21.4 Å². The summed E-state index contributed by atoms with van der Waals surface area (Å²) in [6.07, 6.45) is 1.43. The Labute approximate surface area is 172 Å². The van der Waals surface area contributed by atoms with Crippen molar-refractivity contribution in [2.45, 2.75) is 20.4 Å². The highest BCUT2D eigenvalue weighted by Gasteiger charge is 2.14. The van der Waals surface area contributed by atoms with E-state index in [0.29, 0.717) is 22.6 Å². The molecule has 4 aromatic rings. The second-order valence-corrected chi connectivity index (χ2v) is 7.02. The van der Waals surface area contributed by atoms with Gasteiger partial charge in [0.25, 0.3) is 5.56 Å². The second-order valence-electron chi connectivity index (χ2n) is 7.02. The van der Waals surface area contributed by atoms with Crippen molar-refractivity contribution in [3.8, 4) is 17.0 Å². The van der Waals surface area contributed by atoms with E-state index in [9.17, 15) is 9.59 Å². The van der Waals surface area contributed by atoms with Crippen molar-refractivity contribution in [1.29, 1.82) is 0 Å². The molecule has 8 nitrogen and oxygen atoms in total. The van der Waals surface area contributed by atoms with Gasteiger partial charge in [0, 0.05) is 5.56 Å². The molecule has 0 radical (unpaired) electrons. The first kappa shape index (κ1) is 19.4. The van der Waals surface area contributed by atoms with Crippen LogP contribution in [0.2, 0.25) is 0 Å². The molecule has 2 aromatic carbocycles. The van der Waals surface area contributed by atoms with Crippen LogP contribution in [-0.4, -0.2) is 32.4 Å². The molecule has 0 unspecified atom stereocenters. The smallest absolute Gasteiger partial charge is 0.293 e. The normalized spacial score (nSPS) is 10.9. The van der Waals surface area contributed by atoms with Crippen LogP contribution < -0.4 is 15.6 Å². The quantitative estimate of drug-likeness (QED) is 0.553. The molecular formula is C22H21N5O3. The molecular weight excluding hydrogens is 382 g/mol. The fourth-order valence-electron chi connectivity index (χ4n) is 3.27. The number of fused-ring (bicyclic) bond motifs is 1. The van der Waals surface area contributed by atoms with Gasteiger partial charge in [-0.1, -0.05) is 29.8 Å². The Morgan fingerprint density at radius 1 is 1.13 bits per heavy atom. The van der Waals surface area contributed by atoms with Crippen molar-refractivity contribution < 1.29 is 9.53 Å². The highest BCUT2D eigenvalue weighted by Crippen LogP contribution is 2.24. The molecule has 2 heterocycles. The van der Waals surface area contributed by atoms with Gasteiger partial charge in [-0.05, 0) is 43.7 Å². The van der Waals surface area contributed by atoms with Crippen LogP contribution in [-0.2, 0) is 11.3 Å². The Balaban J connectivity index is 1.63. The molecule has 1 N–H and O–H groups in total. The maximum Gasteiger partial charge on any atom is 0.293 e. The standard InChI is InChI=1S/C22H21N5O3/c1-14-8-9-15(2)16(10-14)18-11-19-22(29)26(23-13-27(19)25-18)12-21(28)24-17-6-4-5-7-20(17)30-3/h4-11,13H,12H2,1-3H3,(H,24,28). The van der Waals surface area contributed by atoms with E-state index < -0.39 is 5.56 Å². The lowest BCUT2D eigenvalue weighted by Crippen LogP contribution is -2.30. The second kappa shape index (κ2) is 7.82. The Bertz CT molecular complexity index is 1310. The monoisotopic (exact) mass is 403 g/mol. The Kier molecular flexibility index (Phi) is 5.05. The molecule has 0 fully saturated rings. The van der Waals surface area contributed by atoms with Gasteiger partial charge in [-0.25, -0.2) is 9.20 Å². The molecule has 4 rings (SSSR count). The van der Waals surface area contributed by atoms with Crippen molar-refractivity contribution in [1.82, 2.24) is 19.4 Å². The molecule has 0 aliphatic rings. The molecule has 0 saturated carbocycles. The summed E-state index contributed by atoms with van der Waals surface area (Å²) in [5, 5.41) is 11.3. The molecule has 0 aliphatic heterocycles. The van der Waals surface area contributed by atoms with E-state index in [1.807, 2.05) is 38.1 Å². The molecule has 0 bridgehead atoms. The Hall–Kier alpha value is -3.94. The number of ether oxygens (including phenoxy) is 1. The minimum Gasteiger partial charge on any atom is -0.495 e. The van der Waals surface area contributed by atoms with Gasteiger partial charge in [0.2, 0.25) is 5.91 Å². The number of methoxy groups -OCH3 is 1. The third-order valence-corrected chi connectivity index (χ3v) is 4.83. The number of hydrogen-bond donors (Lipinski definition) is 1. The highest BCUT2D eigenvalue weighted by atomic mass is 16.5. The molecule has 30 heavy (non-hydrogen) atoms. The van der Waals surface area contributed by atoms with E-state index in [1.165, 1.54) is 18.0 Å². The number of nitrogens with zero attached hydrogens (tertiary/aromatic N) is 4. The lowest BCUT2D eigenvalue weighted by atomic mass is 10.0. The van der Waals surface area contributed by atoms with Gasteiger partial charge in [0.15, 0.2) is 0 Å². The number of aryl methyl sites for hydroxylation is 2. The van der Waals surface area contributed by atoms with Crippen molar-refractivity contribution in [3.05, 3.63) is 76.3 Å².